The number of ether oxygens (including phenoxy) is 3. The minimum atomic E-state index is 0.599. The van der Waals surface area contributed by atoms with Crippen molar-refractivity contribution in [2.75, 3.05) is 21.3 Å². The summed E-state index contributed by atoms with van der Waals surface area (Å²) in [6.45, 7) is 0. The van der Waals surface area contributed by atoms with Crippen molar-refractivity contribution in [3.8, 4) is 28.5 Å². The van der Waals surface area contributed by atoms with E-state index in [4.69, 9.17) is 19.2 Å². The summed E-state index contributed by atoms with van der Waals surface area (Å²) in [6.07, 6.45) is 6.51. The van der Waals surface area contributed by atoms with Crippen molar-refractivity contribution in [1.29, 1.82) is 0 Å². The average Bonchev–Trinajstić information content (AvgIpc) is 3.26. The normalized spacial score (nSPS) is 13.5. The molecule has 148 valence electrons. The molecule has 29 heavy (non-hydrogen) atoms. The molecule has 0 unspecified atom stereocenters. The van der Waals surface area contributed by atoms with Gasteiger partial charge in [0.1, 0.15) is 0 Å². The monoisotopic (exact) mass is 388 g/mol. The number of benzene rings is 2. The molecule has 2 aromatic heterocycles. The number of methoxy groups -OCH3 is 3. The number of pyridine rings is 1. The Labute approximate surface area is 169 Å². The number of nitrogens with zero attached hydrogens (tertiary/aromatic N) is 1. The summed E-state index contributed by atoms with van der Waals surface area (Å²) in [5, 5.41) is 2.54. The largest absolute Gasteiger partial charge is 0.493 e. The zero-order valence-electron chi connectivity index (χ0n) is 17.0. The molecule has 0 saturated heterocycles. The molecule has 0 radical (unpaired) electrons. The summed E-state index contributed by atoms with van der Waals surface area (Å²) in [5.41, 5.74) is 6.96. The van der Waals surface area contributed by atoms with Gasteiger partial charge in [-0.15, -0.1) is 0 Å². The van der Waals surface area contributed by atoms with Gasteiger partial charge in [0.2, 0.25) is 5.75 Å². The van der Waals surface area contributed by atoms with E-state index in [1.807, 2.05) is 18.3 Å². The maximum atomic E-state index is 5.58. The summed E-state index contributed by atoms with van der Waals surface area (Å²) in [5.74, 6) is 1.89. The predicted molar refractivity (Wildman–Crippen MR) is 115 cm³/mol. The van der Waals surface area contributed by atoms with Crippen molar-refractivity contribution in [2.24, 2.45) is 0 Å². The summed E-state index contributed by atoms with van der Waals surface area (Å²) < 4.78 is 16.7. The first-order valence-electron chi connectivity index (χ1n) is 9.97. The molecule has 1 N–H and O–H groups in total. The van der Waals surface area contributed by atoms with Crippen LogP contribution in [0, 0.1) is 0 Å². The first-order valence-corrected chi connectivity index (χ1v) is 9.97. The van der Waals surface area contributed by atoms with E-state index in [1.54, 1.807) is 21.3 Å². The Morgan fingerprint density at radius 1 is 0.862 bits per heavy atom. The second-order valence-corrected chi connectivity index (χ2v) is 7.44. The van der Waals surface area contributed by atoms with Crippen LogP contribution in [-0.2, 0) is 12.8 Å². The lowest BCUT2D eigenvalue weighted by atomic mass is 9.85. The minimum Gasteiger partial charge on any atom is -0.493 e. The number of rotatable bonds is 4. The Hall–Kier alpha value is -3.21. The van der Waals surface area contributed by atoms with Crippen LogP contribution in [0.1, 0.15) is 24.0 Å². The predicted octanol–water partition coefficient (Wildman–Crippen LogP) is 5.29. The number of aromatic amines is 1. The van der Waals surface area contributed by atoms with E-state index < -0.39 is 0 Å². The Kier molecular flexibility index (Phi) is 4.31. The van der Waals surface area contributed by atoms with E-state index in [9.17, 15) is 0 Å². The van der Waals surface area contributed by atoms with E-state index in [2.05, 4.69) is 23.2 Å². The van der Waals surface area contributed by atoms with Gasteiger partial charge >= 0.3 is 0 Å². The van der Waals surface area contributed by atoms with Gasteiger partial charge in [-0.05, 0) is 67.1 Å². The van der Waals surface area contributed by atoms with E-state index >= 15 is 0 Å². The maximum Gasteiger partial charge on any atom is 0.203 e. The molecular formula is C24H24N2O3. The van der Waals surface area contributed by atoms with Gasteiger partial charge in [-0.25, -0.2) is 4.98 Å². The number of nitrogens with one attached hydrogen (secondary N) is 1. The van der Waals surface area contributed by atoms with Crippen molar-refractivity contribution in [3.05, 3.63) is 47.7 Å². The smallest absolute Gasteiger partial charge is 0.203 e. The van der Waals surface area contributed by atoms with Crippen molar-refractivity contribution in [1.82, 2.24) is 9.97 Å². The van der Waals surface area contributed by atoms with Crippen molar-refractivity contribution in [3.63, 3.8) is 0 Å². The van der Waals surface area contributed by atoms with Crippen LogP contribution >= 0.6 is 0 Å². The molecule has 0 aliphatic heterocycles. The molecule has 0 spiro atoms. The van der Waals surface area contributed by atoms with Gasteiger partial charge in [0.25, 0.3) is 0 Å². The van der Waals surface area contributed by atoms with Crippen molar-refractivity contribution < 1.29 is 14.2 Å². The van der Waals surface area contributed by atoms with Crippen LogP contribution in [0.4, 0.5) is 0 Å². The topological polar surface area (TPSA) is 56.4 Å². The van der Waals surface area contributed by atoms with E-state index in [0.717, 1.165) is 35.1 Å². The van der Waals surface area contributed by atoms with Crippen LogP contribution in [-0.4, -0.2) is 31.3 Å². The summed E-state index contributed by atoms with van der Waals surface area (Å²) >= 11 is 0. The number of fused-ring (bicyclic) bond motifs is 5. The molecular weight excluding hydrogens is 364 g/mol. The number of H-pyrrole nitrogens is 1. The van der Waals surface area contributed by atoms with Crippen LogP contribution in [0.2, 0.25) is 0 Å². The highest BCUT2D eigenvalue weighted by molar-refractivity contribution is 6.08. The highest BCUT2D eigenvalue weighted by atomic mass is 16.5. The Morgan fingerprint density at radius 2 is 1.59 bits per heavy atom. The lowest BCUT2D eigenvalue weighted by Crippen LogP contribution is -2.08. The van der Waals surface area contributed by atoms with Gasteiger partial charge in [0.05, 0.1) is 32.5 Å². The molecule has 4 aromatic rings. The SMILES string of the molecule is COc1cc(-c2nc3ccc4[nH]ccc4c3c3c2CCCC3)cc(OC)c1OC. The molecule has 0 bridgehead atoms. The van der Waals surface area contributed by atoms with Gasteiger partial charge in [-0.2, -0.15) is 0 Å². The quantitative estimate of drug-likeness (QED) is 0.516. The Bertz CT molecular complexity index is 1200. The highest BCUT2D eigenvalue weighted by Crippen LogP contribution is 2.44. The Balaban J connectivity index is 1.83. The van der Waals surface area contributed by atoms with Gasteiger partial charge in [-0.3, -0.25) is 0 Å². The van der Waals surface area contributed by atoms with Crippen LogP contribution in [0.15, 0.2) is 36.5 Å². The fraction of sp³-hybridized carbons (Fsp3) is 0.292. The molecule has 0 saturated carbocycles. The van der Waals surface area contributed by atoms with Crippen molar-refractivity contribution >= 4 is 21.8 Å². The Morgan fingerprint density at radius 3 is 2.28 bits per heavy atom. The van der Waals surface area contributed by atoms with Gasteiger partial charge in [0, 0.05) is 28.0 Å². The van der Waals surface area contributed by atoms with Crippen LogP contribution in [0.5, 0.6) is 17.2 Å². The number of aromatic nitrogens is 2. The van der Waals surface area contributed by atoms with Gasteiger partial charge in [0.15, 0.2) is 11.5 Å². The summed E-state index contributed by atoms with van der Waals surface area (Å²) in [7, 11) is 4.91. The van der Waals surface area contributed by atoms with Crippen LogP contribution in [0.3, 0.4) is 0 Å². The van der Waals surface area contributed by atoms with E-state index in [-0.39, 0.29) is 0 Å². The third-order valence-corrected chi connectivity index (χ3v) is 5.94. The van der Waals surface area contributed by atoms with Crippen LogP contribution in [0.25, 0.3) is 33.1 Å². The summed E-state index contributed by atoms with van der Waals surface area (Å²) in [6, 6.07) is 10.4. The molecule has 5 nitrogen and oxygen atoms in total. The highest BCUT2D eigenvalue weighted by Gasteiger charge is 2.23. The first kappa shape index (κ1) is 17.9. The summed E-state index contributed by atoms with van der Waals surface area (Å²) in [4.78, 5) is 8.46. The van der Waals surface area contributed by atoms with Gasteiger partial charge in [-0.1, -0.05) is 0 Å². The zero-order chi connectivity index (χ0) is 20.0. The second-order valence-electron chi connectivity index (χ2n) is 7.44. The molecule has 5 heteroatoms. The fourth-order valence-corrected chi connectivity index (χ4v) is 4.62. The number of hydrogen-bond donors (Lipinski definition) is 1. The van der Waals surface area contributed by atoms with Gasteiger partial charge < -0.3 is 19.2 Å². The molecule has 0 fully saturated rings. The zero-order valence-corrected chi connectivity index (χ0v) is 17.0. The lowest BCUT2D eigenvalue weighted by molar-refractivity contribution is 0.324. The molecule has 1 aliphatic carbocycles. The minimum absolute atomic E-state index is 0.599. The number of aryl methyl sites for hydroxylation is 1. The van der Waals surface area contributed by atoms with E-state index in [0.29, 0.717) is 17.2 Å². The lowest BCUT2D eigenvalue weighted by Gasteiger charge is -2.22. The second kappa shape index (κ2) is 6.99. The molecule has 0 atom stereocenters. The maximum absolute atomic E-state index is 5.58. The fourth-order valence-electron chi connectivity index (χ4n) is 4.62. The first-order chi connectivity index (χ1) is 14.2. The standard InChI is InChI=1S/C24H24N2O3/c1-27-20-12-14(13-21(28-2)24(20)29-3)23-16-7-5-4-6-15(16)22-17-10-11-25-18(17)8-9-19(22)26-23/h8-13,25H,4-7H2,1-3H3. The number of hydrogen-bond acceptors (Lipinski definition) is 4. The third-order valence-electron chi connectivity index (χ3n) is 5.94. The molecule has 1 aliphatic rings. The van der Waals surface area contributed by atoms with Crippen molar-refractivity contribution in [2.45, 2.75) is 25.7 Å². The molecule has 0 amide bonds. The average molecular weight is 388 g/mol. The molecule has 5 rings (SSSR count). The molecule has 2 heterocycles. The van der Waals surface area contributed by atoms with Crippen LogP contribution < -0.4 is 14.2 Å². The third kappa shape index (κ3) is 2.72. The molecule has 2 aromatic carbocycles. The van der Waals surface area contributed by atoms with E-state index in [1.165, 1.54) is 34.7 Å².